The summed E-state index contributed by atoms with van der Waals surface area (Å²) in [5.74, 6) is 0. The maximum atomic E-state index is 3.42. The Kier molecular flexibility index (Phi) is 1.66. The van der Waals surface area contributed by atoms with Crippen molar-refractivity contribution in [2.75, 3.05) is 6.54 Å². The van der Waals surface area contributed by atoms with E-state index < -0.39 is 0 Å². The predicted molar refractivity (Wildman–Crippen MR) is 45.4 cm³/mol. The Hall–Kier alpha value is -0.820. The van der Waals surface area contributed by atoms with E-state index in [0.717, 1.165) is 13.0 Å². The van der Waals surface area contributed by atoms with Gasteiger partial charge < -0.3 is 5.32 Å². The molecule has 1 unspecified atom stereocenters. The third-order valence-corrected chi connectivity index (χ3v) is 2.27. The average Bonchev–Trinajstić information content (AvgIpc) is 2.06. The molecule has 1 aliphatic rings. The van der Waals surface area contributed by atoms with E-state index >= 15 is 0 Å². The highest BCUT2D eigenvalue weighted by atomic mass is 14.9. The Morgan fingerprint density at radius 1 is 1.64 bits per heavy atom. The third kappa shape index (κ3) is 1.16. The second-order valence-electron chi connectivity index (χ2n) is 3.03. The van der Waals surface area contributed by atoms with Gasteiger partial charge in [0, 0.05) is 6.04 Å². The summed E-state index contributed by atoms with van der Waals surface area (Å²) in [6.45, 7) is 3.29. The molecule has 0 saturated carbocycles. The fourth-order valence-corrected chi connectivity index (χ4v) is 1.63. The van der Waals surface area contributed by atoms with Crippen molar-refractivity contribution in [3.8, 4) is 0 Å². The van der Waals surface area contributed by atoms with Gasteiger partial charge in [-0.1, -0.05) is 18.2 Å². The van der Waals surface area contributed by atoms with Crippen LogP contribution in [0, 0.1) is 6.07 Å². The van der Waals surface area contributed by atoms with Crippen molar-refractivity contribution < 1.29 is 0 Å². The lowest BCUT2D eigenvalue weighted by molar-refractivity contribution is 0.540. The van der Waals surface area contributed by atoms with Crippen LogP contribution in [-0.2, 0) is 6.42 Å². The van der Waals surface area contributed by atoms with E-state index in [-0.39, 0.29) is 0 Å². The molecule has 1 nitrogen and oxygen atoms in total. The maximum absolute atomic E-state index is 3.42. The van der Waals surface area contributed by atoms with Crippen LogP contribution in [0.1, 0.15) is 24.1 Å². The molecule has 1 heteroatoms. The van der Waals surface area contributed by atoms with Gasteiger partial charge in [0.15, 0.2) is 0 Å². The quantitative estimate of drug-likeness (QED) is 0.587. The van der Waals surface area contributed by atoms with E-state index in [1.807, 2.05) is 6.07 Å². The lowest BCUT2D eigenvalue weighted by Crippen LogP contribution is -2.27. The monoisotopic (exact) mass is 146 g/mol. The van der Waals surface area contributed by atoms with Gasteiger partial charge in [-0.3, -0.25) is 0 Å². The summed E-state index contributed by atoms with van der Waals surface area (Å²) in [5.41, 5.74) is 2.80. The molecular weight excluding hydrogens is 134 g/mol. The van der Waals surface area contributed by atoms with Gasteiger partial charge in [-0.25, -0.2) is 0 Å². The Morgan fingerprint density at radius 3 is 3.36 bits per heavy atom. The van der Waals surface area contributed by atoms with Crippen LogP contribution in [0.3, 0.4) is 0 Å². The van der Waals surface area contributed by atoms with Gasteiger partial charge in [0.1, 0.15) is 0 Å². The zero-order chi connectivity index (χ0) is 7.68. The van der Waals surface area contributed by atoms with Crippen LogP contribution in [0.5, 0.6) is 0 Å². The predicted octanol–water partition coefficient (Wildman–Crippen LogP) is 1.69. The molecule has 0 amide bonds. The first kappa shape index (κ1) is 6.86. The fraction of sp³-hybridized carbons (Fsp3) is 0.400. The molecule has 2 rings (SSSR count). The summed E-state index contributed by atoms with van der Waals surface area (Å²) in [5, 5.41) is 3.42. The summed E-state index contributed by atoms with van der Waals surface area (Å²) in [6.07, 6.45) is 1.13. The summed E-state index contributed by atoms with van der Waals surface area (Å²) < 4.78 is 0. The van der Waals surface area contributed by atoms with E-state index in [2.05, 4.69) is 30.4 Å². The molecule has 0 spiro atoms. The van der Waals surface area contributed by atoms with Crippen molar-refractivity contribution in [2.45, 2.75) is 19.4 Å². The highest BCUT2D eigenvalue weighted by Gasteiger charge is 2.13. The molecule has 1 radical (unpaired) electrons. The molecule has 11 heavy (non-hydrogen) atoms. The SMILES string of the molecule is CC1NCCc2[c]cccc21. The van der Waals surface area contributed by atoms with Crippen molar-refractivity contribution >= 4 is 0 Å². The topological polar surface area (TPSA) is 12.0 Å². The second kappa shape index (κ2) is 2.67. The molecule has 1 aliphatic heterocycles. The molecule has 0 aliphatic carbocycles. The molecule has 0 fully saturated rings. The molecular formula is C10H12N. The molecule has 1 atom stereocenters. The van der Waals surface area contributed by atoms with Crippen molar-refractivity contribution in [1.82, 2.24) is 5.32 Å². The van der Waals surface area contributed by atoms with E-state index in [0.29, 0.717) is 6.04 Å². The first-order valence-electron chi connectivity index (χ1n) is 4.11. The first-order chi connectivity index (χ1) is 5.38. The zero-order valence-corrected chi connectivity index (χ0v) is 6.72. The second-order valence-corrected chi connectivity index (χ2v) is 3.03. The molecule has 0 aromatic heterocycles. The van der Waals surface area contributed by atoms with E-state index in [1.54, 1.807) is 0 Å². The smallest absolute Gasteiger partial charge is 0.0294 e. The average molecular weight is 146 g/mol. The summed E-state index contributed by atoms with van der Waals surface area (Å²) in [6, 6.07) is 10.0. The molecule has 1 aromatic rings. The lowest BCUT2D eigenvalue weighted by atomic mass is 9.96. The number of fused-ring (bicyclic) bond motifs is 1. The van der Waals surface area contributed by atoms with Crippen LogP contribution in [-0.4, -0.2) is 6.54 Å². The largest absolute Gasteiger partial charge is 0.310 e. The standard InChI is InChI=1S/C10H12N/c1-8-10-5-3-2-4-9(10)6-7-11-8/h2-3,5,8,11H,6-7H2,1H3. The highest BCUT2D eigenvalue weighted by molar-refractivity contribution is 5.30. The van der Waals surface area contributed by atoms with Gasteiger partial charge in [-0.2, -0.15) is 0 Å². The van der Waals surface area contributed by atoms with Crippen LogP contribution < -0.4 is 5.32 Å². The Bertz CT molecular complexity index is 255. The maximum Gasteiger partial charge on any atom is 0.0294 e. The van der Waals surface area contributed by atoms with Crippen LogP contribution >= 0.6 is 0 Å². The number of nitrogens with one attached hydrogen (secondary N) is 1. The van der Waals surface area contributed by atoms with Crippen LogP contribution in [0.15, 0.2) is 18.2 Å². The number of hydrogen-bond donors (Lipinski definition) is 1. The van der Waals surface area contributed by atoms with Gasteiger partial charge in [0.05, 0.1) is 0 Å². The molecule has 0 bridgehead atoms. The van der Waals surface area contributed by atoms with Crippen LogP contribution in [0.4, 0.5) is 0 Å². The summed E-state index contributed by atoms with van der Waals surface area (Å²) in [7, 11) is 0. The van der Waals surface area contributed by atoms with Crippen molar-refractivity contribution in [2.24, 2.45) is 0 Å². The van der Waals surface area contributed by atoms with Gasteiger partial charge in [0.2, 0.25) is 0 Å². The van der Waals surface area contributed by atoms with Gasteiger partial charge in [-0.05, 0) is 37.1 Å². The summed E-state index contributed by atoms with van der Waals surface area (Å²) >= 11 is 0. The van der Waals surface area contributed by atoms with E-state index in [1.165, 1.54) is 11.1 Å². The normalized spacial score (nSPS) is 22.8. The molecule has 57 valence electrons. The summed E-state index contributed by atoms with van der Waals surface area (Å²) in [4.78, 5) is 0. The van der Waals surface area contributed by atoms with E-state index in [9.17, 15) is 0 Å². The van der Waals surface area contributed by atoms with Gasteiger partial charge >= 0.3 is 0 Å². The first-order valence-corrected chi connectivity index (χ1v) is 4.11. The lowest BCUT2D eigenvalue weighted by Gasteiger charge is -2.22. The van der Waals surface area contributed by atoms with Crippen molar-refractivity contribution in [3.05, 3.63) is 35.4 Å². The van der Waals surface area contributed by atoms with Gasteiger partial charge in [0.25, 0.3) is 0 Å². The molecule has 1 heterocycles. The minimum Gasteiger partial charge on any atom is -0.310 e. The van der Waals surface area contributed by atoms with Crippen molar-refractivity contribution in [1.29, 1.82) is 0 Å². The molecule has 0 saturated heterocycles. The highest BCUT2D eigenvalue weighted by Crippen LogP contribution is 2.20. The van der Waals surface area contributed by atoms with E-state index in [4.69, 9.17) is 0 Å². The zero-order valence-electron chi connectivity index (χ0n) is 6.72. The Morgan fingerprint density at radius 2 is 2.55 bits per heavy atom. The van der Waals surface area contributed by atoms with Crippen LogP contribution in [0.2, 0.25) is 0 Å². The molecule has 1 aromatic carbocycles. The van der Waals surface area contributed by atoms with Gasteiger partial charge in [-0.15, -0.1) is 0 Å². The number of hydrogen-bond acceptors (Lipinski definition) is 1. The fourth-order valence-electron chi connectivity index (χ4n) is 1.63. The number of benzene rings is 1. The molecule has 1 N–H and O–H groups in total. The minimum atomic E-state index is 0.510. The number of rotatable bonds is 0. The Balaban J connectivity index is 2.44. The van der Waals surface area contributed by atoms with Crippen molar-refractivity contribution in [3.63, 3.8) is 0 Å². The Labute approximate surface area is 67.4 Å². The third-order valence-electron chi connectivity index (χ3n) is 2.27. The minimum absolute atomic E-state index is 0.510. The van der Waals surface area contributed by atoms with Crippen LogP contribution in [0.25, 0.3) is 0 Å².